The Bertz CT molecular complexity index is 326. The number of hydrogen-bond donors (Lipinski definition) is 1. The van der Waals surface area contributed by atoms with Crippen LogP contribution < -0.4 is 0 Å². The Labute approximate surface area is 137 Å². The number of allylic oxidation sites excluding steroid dienone is 1. The molecule has 0 bridgehead atoms. The summed E-state index contributed by atoms with van der Waals surface area (Å²) in [7, 11) is 0. The van der Waals surface area contributed by atoms with Crippen LogP contribution in [0.25, 0.3) is 0 Å². The zero-order chi connectivity index (χ0) is 15.4. The van der Waals surface area contributed by atoms with E-state index in [1.807, 2.05) is 0 Å². The second-order valence-electron chi connectivity index (χ2n) is 8.55. The van der Waals surface area contributed by atoms with Gasteiger partial charge in [-0.2, -0.15) is 0 Å². The predicted molar refractivity (Wildman–Crippen MR) is 93.7 cm³/mol. The molecule has 0 aromatic heterocycles. The van der Waals surface area contributed by atoms with Gasteiger partial charge >= 0.3 is 0 Å². The second-order valence-corrected chi connectivity index (χ2v) is 8.55. The number of aliphatic hydroxyl groups excluding tert-OH is 1. The minimum atomic E-state index is 0.0124. The molecule has 22 heavy (non-hydrogen) atoms. The van der Waals surface area contributed by atoms with E-state index < -0.39 is 0 Å². The maximum atomic E-state index is 9.69. The van der Waals surface area contributed by atoms with E-state index in [4.69, 9.17) is 0 Å². The molecule has 0 heterocycles. The van der Waals surface area contributed by atoms with Crippen molar-refractivity contribution in [3.8, 4) is 0 Å². The van der Waals surface area contributed by atoms with Crippen LogP contribution in [0.5, 0.6) is 0 Å². The Hall–Kier alpha value is -0.300. The molecule has 0 radical (unpaired) electrons. The van der Waals surface area contributed by atoms with Gasteiger partial charge < -0.3 is 5.11 Å². The summed E-state index contributed by atoms with van der Waals surface area (Å²) in [5.74, 6) is 4.94. The van der Waals surface area contributed by atoms with Crippen molar-refractivity contribution in [2.75, 3.05) is 0 Å². The zero-order valence-corrected chi connectivity index (χ0v) is 14.4. The summed E-state index contributed by atoms with van der Waals surface area (Å²) in [6, 6.07) is 0. The quantitative estimate of drug-likeness (QED) is 0.658. The molecule has 3 aliphatic carbocycles. The molecule has 0 amide bonds. The third-order valence-corrected chi connectivity index (χ3v) is 7.28. The van der Waals surface area contributed by atoms with E-state index in [9.17, 15) is 5.11 Å². The molecule has 126 valence electrons. The summed E-state index contributed by atoms with van der Waals surface area (Å²) in [6.07, 6.45) is 20.0. The summed E-state index contributed by atoms with van der Waals surface area (Å²) in [5, 5.41) is 9.69. The van der Waals surface area contributed by atoms with Crippen LogP contribution in [0.3, 0.4) is 0 Å². The highest BCUT2D eigenvalue weighted by Gasteiger charge is 2.34. The topological polar surface area (TPSA) is 20.2 Å². The summed E-state index contributed by atoms with van der Waals surface area (Å²) >= 11 is 0. The largest absolute Gasteiger partial charge is 0.393 e. The summed E-state index contributed by atoms with van der Waals surface area (Å²) < 4.78 is 0. The fraction of sp³-hybridized carbons (Fsp3) is 0.905. The lowest BCUT2D eigenvalue weighted by molar-refractivity contribution is 0.0669. The van der Waals surface area contributed by atoms with Crippen LogP contribution >= 0.6 is 0 Å². The van der Waals surface area contributed by atoms with Crippen LogP contribution in [-0.2, 0) is 0 Å². The van der Waals surface area contributed by atoms with Gasteiger partial charge in [0.05, 0.1) is 6.10 Å². The minimum Gasteiger partial charge on any atom is -0.393 e. The lowest BCUT2D eigenvalue weighted by atomic mass is 9.65. The average Bonchev–Trinajstić information content (AvgIpc) is 2.57. The van der Waals surface area contributed by atoms with Gasteiger partial charge in [-0.15, -0.1) is 6.58 Å². The van der Waals surface area contributed by atoms with Gasteiger partial charge in [0.2, 0.25) is 0 Å². The molecule has 3 fully saturated rings. The summed E-state index contributed by atoms with van der Waals surface area (Å²) in [4.78, 5) is 0. The Balaban J connectivity index is 1.39. The molecular weight excluding hydrogens is 268 g/mol. The monoisotopic (exact) mass is 304 g/mol. The molecule has 0 unspecified atom stereocenters. The normalized spacial score (nSPS) is 43.7. The van der Waals surface area contributed by atoms with Gasteiger partial charge in [-0.05, 0) is 113 Å². The highest BCUT2D eigenvalue weighted by Crippen LogP contribution is 2.45. The van der Waals surface area contributed by atoms with Gasteiger partial charge in [-0.25, -0.2) is 0 Å². The molecule has 0 aromatic carbocycles. The molecule has 3 rings (SSSR count). The van der Waals surface area contributed by atoms with E-state index in [-0.39, 0.29) is 6.10 Å². The number of rotatable bonds is 4. The molecule has 1 N–H and O–H groups in total. The third-order valence-electron chi connectivity index (χ3n) is 7.28. The summed E-state index contributed by atoms with van der Waals surface area (Å²) in [5.41, 5.74) is 0. The van der Waals surface area contributed by atoms with Crippen molar-refractivity contribution in [3.05, 3.63) is 12.7 Å². The van der Waals surface area contributed by atoms with Crippen molar-refractivity contribution < 1.29 is 5.11 Å². The smallest absolute Gasteiger partial charge is 0.0540 e. The van der Waals surface area contributed by atoms with E-state index in [1.165, 1.54) is 70.6 Å². The Kier molecular flexibility index (Phi) is 6.02. The lowest BCUT2D eigenvalue weighted by Crippen LogP contribution is -2.30. The van der Waals surface area contributed by atoms with Crippen LogP contribution in [0, 0.1) is 29.6 Å². The average molecular weight is 305 g/mol. The van der Waals surface area contributed by atoms with E-state index in [0.29, 0.717) is 0 Å². The van der Waals surface area contributed by atoms with Gasteiger partial charge in [0.15, 0.2) is 0 Å². The molecule has 1 nitrogen and oxygen atoms in total. The summed E-state index contributed by atoms with van der Waals surface area (Å²) in [6.45, 7) is 3.91. The molecular formula is C21H36O. The van der Waals surface area contributed by atoms with Gasteiger partial charge in [-0.1, -0.05) is 6.08 Å². The molecule has 0 atom stereocenters. The van der Waals surface area contributed by atoms with E-state index in [1.54, 1.807) is 0 Å². The van der Waals surface area contributed by atoms with Crippen molar-refractivity contribution in [3.63, 3.8) is 0 Å². The minimum absolute atomic E-state index is 0.0124. The fourth-order valence-corrected chi connectivity index (χ4v) is 5.79. The molecule has 0 saturated heterocycles. The van der Waals surface area contributed by atoms with Gasteiger partial charge in [0.25, 0.3) is 0 Å². The first-order chi connectivity index (χ1) is 10.8. The van der Waals surface area contributed by atoms with E-state index in [0.717, 1.165) is 42.4 Å². The zero-order valence-electron chi connectivity index (χ0n) is 14.4. The molecule has 1 heteroatoms. The number of aliphatic hydroxyl groups is 1. The van der Waals surface area contributed by atoms with Crippen LogP contribution in [0.15, 0.2) is 12.7 Å². The third kappa shape index (κ3) is 4.16. The predicted octanol–water partition coefficient (Wildman–Crippen LogP) is 5.73. The van der Waals surface area contributed by atoms with Crippen molar-refractivity contribution >= 4 is 0 Å². The molecule has 0 spiro atoms. The Morgan fingerprint density at radius 3 is 1.41 bits per heavy atom. The highest BCUT2D eigenvalue weighted by molar-refractivity contribution is 4.86. The van der Waals surface area contributed by atoms with E-state index in [2.05, 4.69) is 12.7 Å². The van der Waals surface area contributed by atoms with Crippen molar-refractivity contribution in [1.82, 2.24) is 0 Å². The second kappa shape index (κ2) is 7.99. The maximum Gasteiger partial charge on any atom is 0.0540 e. The van der Waals surface area contributed by atoms with Gasteiger partial charge in [0, 0.05) is 0 Å². The SMILES string of the molecule is C=CCC1CCC(C2CCC(C3CCC(O)CC3)CC2)CC1. The first-order valence-corrected chi connectivity index (χ1v) is 10.0. The Morgan fingerprint density at radius 1 is 0.636 bits per heavy atom. The maximum absolute atomic E-state index is 9.69. The lowest BCUT2D eigenvalue weighted by Gasteiger charge is -2.41. The standard InChI is InChI=1S/C21H36O/c1-2-3-16-4-6-17(7-5-16)18-8-10-19(11-9-18)20-12-14-21(22)15-13-20/h2,16-22H,1,3-15H2. The van der Waals surface area contributed by atoms with Gasteiger partial charge in [-0.3, -0.25) is 0 Å². The molecule has 3 saturated carbocycles. The van der Waals surface area contributed by atoms with E-state index >= 15 is 0 Å². The van der Waals surface area contributed by atoms with Crippen molar-refractivity contribution in [2.24, 2.45) is 29.6 Å². The fourth-order valence-electron chi connectivity index (χ4n) is 5.79. The van der Waals surface area contributed by atoms with Crippen LogP contribution in [0.1, 0.15) is 83.5 Å². The molecule has 0 aromatic rings. The first-order valence-electron chi connectivity index (χ1n) is 10.0. The van der Waals surface area contributed by atoms with Crippen LogP contribution in [-0.4, -0.2) is 11.2 Å². The Morgan fingerprint density at radius 2 is 1.00 bits per heavy atom. The van der Waals surface area contributed by atoms with Crippen molar-refractivity contribution in [1.29, 1.82) is 0 Å². The van der Waals surface area contributed by atoms with Gasteiger partial charge in [0.1, 0.15) is 0 Å². The van der Waals surface area contributed by atoms with Crippen molar-refractivity contribution in [2.45, 2.75) is 89.6 Å². The number of hydrogen-bond acceptors (Lipinski definition) is 1. The van der Waals surface area contributed by atoms with Crippen LogP contribution in [0.4, 0.5) is 0 Å². The van der Waals surface area contributed by atoms with Crippen LogP contribution in [0.2, 0.25) is 0 Å². The molecule has 3 aliphatic rings. The molecule has 0 aliphatic heterocycles. The first kappa shape index (κ1) is 16.6. The highest BCUT2D eigenvalue weighted by atomic mass is 16.3.